The third kappa shape index (κ3) is 3.46. The summed E-state index contributed by atoms with van der Waals surface area (Å²) in [7, 11) is 0. The van der Waals surface area contributed by atoms with E-state index in [1.807, 2.05) is 23.0 Å². The molecule has 0 radical (unpaired) electrons. The van der Waals surface area contributed by atoms with Crippen molar-refractivity contribution in [3.63, 3.8) is 0 Å². The van der Waals surface area contributed by atoms with Crippen LogP contribution in [0.3, 0.4) is 0 Å². The van der Waals surface area contributed by atoms with E-state index in [9.17, 15) is 4.79 Å². The number of benzene rings is 1. The standard InChI is InChI=1S/C17H22N6O/c1-3-22(4-2)8-9-23-12-13(10-19-23)20-17(24)14-6-5-7-16-15(14)11-18-21-16/h5-7,10-12H,3-4,8-9H2,1-2H3,(H,18,21)(H,20,24). The number of amides is 1. The number of carbonyl (C=O) groups is 1. The van der Waals surface area contributed by atoms with Gasteiger partial charge in [-0.25, -0.2) is 0 Å². The highest BCUT2D eigenvalue weighted by molar-refractivity contribution is 6.12. The van der Waals surface area contributed by atoms with E-state index >= 15 is 0 Å². The van der Waals surface area contributed by atoms with Crippen molar-refractivity contribution < 1.29 is 4.79 Å². The lowest BCUT2D eigenvalue weighted by molar-refractivity contribution is 0.102. The first kappa shape index (κ1) is 16.2. The SMILES string of the molecule is CCN(CC)CCn1cc(NC(=O)c2cccc3[nH]ncc23)cn1. The summed E-state index contributed by atoms with van der Waals surface area (Å²) in [4.78, 5) is 14.8. The lowest BCUT2D eigenvalue weighted by Gasteiger charge is -2.17. The van der Waals surface area contributed by atoms with Gasteiger partial charge in [0.2, 0.25) is 0 Å². The van der Waals surface area contributed by atoms with Crippen LogP contribution in [0.2, 0.25) is 0 Å². The molecule has 0 aliphatic heterocycles. The fourth-order valence-electron chi connectivity index (χ4n) is 2.70. The molecule has 0 spiro atoms. The maximum atomic E-state index is 12.5. The molecule has 1 aromatic carbocycles. The minimum atomic E-state index is -0.162. The molecular weight excluding hydrogens is 304 g/mol. The average Bonchev–Trinajstić information content (AvgIpc) is 3.24. The number of carbonyl (C=O) groups excluding carboxylic acids is 1. The Kier molecular flexibility index (Phi) is 4.90. The Morgan fingerprint density at radius 2 is 2.12 bits per heavy atom. The minimum Gasteiger partial charge on any atom is -0.319 e. The number of aromatic amines is 1. The number of hydrogen-bond donors (Lipinski definition) is 2. The van der Waals surface area contributed by atoms with Gasteiger partial charge in [0.15, 0.2) is 0 Å². The minimum absolute atomic E-state index is 0.162. The van der Waals surface area contributed by atoms with E-state index in [2.05, 4.69) is 39.4 Å². The molecule has 2 N–H and O–H groups in total. The van der Waals surface area contributed by atoms with Gasteiger partial charge in [-0.3, -0.25) is 14.6 Å². The van der Waals surface area contributed by atoms with E-state index in [4.69, 9.17) is 0 Å². The van der Waals surface area contributed by atoms with Gasteiger partial charge < -0.3 is 10.2 Å². The smallest absolute Gasteiger partial charge is 0.256 e. The summed E-state index contributed by atoms with van der Waals surface area (Å²) in [6.45, 7) is 8.08. The van der Waals surface area contributed by atoms with Crippen molar-refractivity contribution in [2.75, 3.05) is 25.0 Å². The molecule has 3 rings (SSSR count). The van der Waals surface area contributed by atoms with Crippen molar-refractivity contribution in [2.45, 2.75) is 20.4 Å². The topological polar surface area (TPSA) is 78.8 Å². The van der Waals surface area contributed by atoms with Crippen LogP contribution in [0.5, 0.6) is 0 Å². The van der Waals surface area contributed by atoms with Crippen LogP contribution >= 0.6 is 0 Å². The summed E-state index contributed by atoms with van der Waals surface area (Å²) in [6, 6.07) is 5.52. The van der Waals surface area contributed by atoms with Gasteiger partial charge in [-0.15, -0.1) is 0 Å². The van der Waals surface area contributed by atoms with E-state index in [0.29, 0.717) is 11.3 Å². The summed E-state index contributed by atoms with van der Waals surface area (Å²) in [5, 5.41) is 14.9. The lowest BCUT2D eigenvalue weighted by atomic mass is 10.1. The van der Waals surface area contributed by atoms with Crippen molar-refractivity contribution in [1.29, 1.82) is 0 Å². The Hall–Kier alpha value is -2.67. The molecule has 126 valence electrons. The van der Waals surface area contributed by atoms with Gasteiger partial charge in [0.05, 0.1) is 35.7 Å². The molecular formula is C17H22N6O. The molecule has 0 aliphatic carbocycles. The van der Waals surface area contributed by atoms with Crippen molar-refractivity contribution in [2.24, 2.45) is 0 Å². The van der Waals surface area contributed by atoms with Gasteiger partial charge in [0.1, 0.15) is 0 Å². The number of anilines is 1. The van der Waals surface area contributed by atoms with Crippen LogP contribution in [0.25, 0.3) is 10.9 Å². The van der Waals surface area contributed by atoms with Crippen molar-refractivity contribution in [1.82, 2.24) is 24.9 Å². The summed E-state index contributed by atoms with van der Waals surface area (Å²) in [5.74, 6) is -0.162. The molecule has 7 heteroatoms. The highest BCUT2D eigenvalue weighted by Gasteiger charge is 2.12. The first-order valence-electron chi connectivity index (χ1n) is 8.19. The van der Waals surface area contributed by atoms with E-state index in [-0.39, 0.29) is 5.91 Å². The van der Waals surface area contributed by atoms with Gasteiger partial charge in [0.25, 0.3) is 5.91 Å². The normalized spacial score (nSPS) is 11.3. The zero-order valence-electron chi connectivity index (χ0n) is 14.0. The number of H-pyrrole nitrogens is 1. The highest BCUT2D eigenvalue weighted by Crippen LogP contribution is 2.17. The van der Waals surface area contributed by atoms with Crippen LogP contribution in [0, 0.1) is 0 Å². The Morgan fingerprint density at radius 1 is 1.29 bits per heavy atom. The molecule has 0 unspecified atom stereocenters. The number of nitrogens with zero attached hydrogens (tertiary/aromatic N) is 4. The number of fused-ring (bicyclic) bond motifs is 1. The molecule has 0 atom stereocenters. The predicted molar refractivity (Wildman–Crippen MR) is 94.1 cm³/mol. The molecule has 2 aromatic heterocycles. The monoisotopic (exact) mass is 326 g/mol. The Morgan fingerprint density at radius 3 is 2.92 bits per heavy atom. The summed E-state index contributed by atoms with van der Waals surface area (Å²) in [6.07, 6.45) is 5.20. The third-order valence-corrected chi connectivity index (χ3v) is 4.16. The van der Waals surface area contributed by atoms with Gasteiger partial charge in [-0.1, -0.05) is 19.9 Å². The fourth-order valence-corrected chi connectivity index (χ4v) is 2.70. The first-order chi connectivity index (χ1) is 11.7. The number of likely N-dealkylation sites (N-methyl/N-ethyl adjacent to an activating group) is 1. The largest absolute Gasteiger partial charge is 0.319 e. The first-order valence-corrected chi connectivity index (χ1v) is 8.19. The number of nitrogens with one attached hydrogen (secondary N) is 2. The molecule has 24 heavy (non-hydrogen) atoms. The molecule has 0 aliphatic rings. The van der Waals surface area contributed by atoms with E-state index in [0.717, 1.165) is 37.1 Å². The second kappa shape index (κ2) is 7.27. The van der Waals surface area contributed by atoms with Crippen LogP contribution in [0.1, 0.15) is 24.2 Å². The second-order valence-electron chi connectivity index (χ2n) is 5.61. The van der Waals surface area contributed by atoms with Crippen LogP contribution in [0.4, 0.5) is 5.69 Å². The molecule has 2 heterocycles. The molecule has 0 bridgehead atoms. The molecule has 0 fully saturated rings. The quantitative estimate of drug-likeness (QED) is 0.698. The molecule has 7 nitrogen and oxygen atoms in total. The zero-order valence-corrected chi connectivity index (χ0v) is 14.0. The van der Waals surface area contributed by atoms with Gasteiger partial charge in [-0.2, -0.15) is 10.2 Å². The number of aromatic nitrogens is 4. The maximum Gasteiger partial charge on any atom is 0.256 e. The maximum absolute atomic E-state index is 12.5. The molecule has 1 amide bonds. The average molecular weight is 326 g/mol. The summed E-state index contributed by atoms with van der Waals surface area (Å²) >= 11 is 0. The molecule has 3 aromatic rings. The fraction of sp³-hybridized carbons (Fsp3) is 0.353. The zero-order chi connectivity index (χ0) is 16.9. The summed E-state index contributed by atoms with van der Waals surface area (Å²) < 4.78 is 1.85. The molecule has 0 saturated carbocycles. The second-order valence-corrected chi connectivity index (χ2v) is 5.61. The Labute approximate surface area is 140 Å². The van der Waals surface area contributed by atoms with E-state index < -0.39 is 0 Å². The number of hydrogen-bond acceptors (Lipinski definition) is 4. The van der Waals surface area contributed by atoms with Gasteiger partial charge >= 0.3 is 0 Å². The Bertz CT molecular complexity index is 817. The van der Waals surface area contributed by atoms with Crippen LogP contribution in [-0.4, -0.2) is 50.4 Å². The Balaban J connectivity index is 1.66. The highest BCUT2D eigenvalue weighted by atomic mass is 16.1. The van der Waals surface area contributed by atoms with E-state index in [1.54, 1.807) is 18.5 Å². The van der Waals surface area contributed by atoms with Crippen molar-refractivity contribution in [3.05, 3.63) is 42.4 Å². The molecule has 0 saturated heterocycles. The summed E-state index contributed by atoms with van der Waals surface area (Å²) in [5.41, 5.74) is 2.13. The van der Waals surface area contributed by atoms with Gasteiger partial charge in [-0.05, 0) is 25.2 Å². The van der Waals surface area contributed by atoms with Crippen LogP contribution < -0.4 is 5.32 Å². The van der Waals surface area contributed by atoms with E-state index in [1.165, 1.54) is 0 Å². The van der Waals surface area contributed by atoms with Crippen LogP contribution in [-0.2, 0) is 6.54 Å². The lowest BCUT2D eigenvalue weighted by Crippen LogP contribution is -2.27. The predicted octanol–water partition coefficient (Wildman–Crippen LogP) is 2.35. The third-order valence-electron chi connectivity index (χ3n) is 4.16. The van der Waals surface area contributed by atoms with Gasteiger partial charge in [0, 0.05) is 18.1 Å². The van der Waals surface area contributed by atoms with Crippen LogP contribution in [0.15, 0.2) is 36.8 Å². The van der Waals surface area contributed by atoms with Crippen molar-refractivity contribution in [3.8, 4) is 0 Å². The van der Waals surface area contributed by atoms with Crippen molar-refractivity contribution >= 4 is 22.5 Å². The number of rotatable bonds is 7.